The summed E-state index contributed by atoms with van der Waals surface area (Å²) in [5.41, 5.74) is 6.29. The van der Waals surface area contributed by atoms with Gasteiger partial charge in [0.15, 0.2) is 5.84 Å². The van der Waals surface area contributed by atoms with Crippen LogP contribution in [0.2, 0.25) is 0 Å². The molecule has 19 heavy (non-hydrogen) atoms. The Hall–Kier alpha value is -1.82. The average molecular weight is 268 g/mol. The van der Waals surface area contributed by atoms with Crippen LogP contribution in [-0.4, -0.2) is 50.2 Å². The number of halogens is 1. The lowest BCUT2D eigenvalue weighted by atomic mass is 10.1. The van der Waals surface area contributed by atoms with Gasteiger partial charge >= 0.3 is 0 Å². The van der Waals surface area contributed by atoms with Gasteiger partial charge in [-0.1, -0.05) is 5.16 Å². The molecule has 0 aliphatic carbocycles. The van der Waals surface area contributed by atoms with Gasteiger partial charge < -0.3 is 20.7 Å². The molecular weight excluding hydrogens is 247 g/mol. The summed E-state index contributed by atoms with van der Waals surface area (Å²) in [6.45, 7) is 1.71. The topological polar surface area (TPSA) is 65.1 Å². The number of nitrogens with zero attached hydrogens (tertiary/aromatic N) is 3. The first-order chi connectivity index (χ1) is 8.95. The summed E-state index contributed by atoms with van der Waals surface area (Å²) in [7, 11) is 5.86. The largest absolute Gasteiger partial charge is 0.409 e. The number of benzene rings is 1. The third-order valence-corrected chi connectivity index (χ3v) is 2.86. The Bertz CT molecular complexity index is 448. The molecule has 1 aromatic rings. The fourth-order valence-electron chi connectivity index (χ4n) is 1.78. The average Bonchev–Trinajstić information content (AvgIpc) is 2.36. The van der Waals surface area contributed by atoms with Crippen molar-refractivity contribution in [1.29, 1.82) is 0 Å². The summed E-state index contributed by atoms with van der Waals surface area (Å²) >= 11 is 0. The Labute approximate surface area is 113 Å². The number of anilines is 1. The van der Waals surface area contributed by atoms with Crippen LogP contribution < -0.4 is 10.6 Å². The lowest BCUT2D eigenvalue weighted by Gasteiger charge is -2.21. The zero-order valence-electron chi connectivity index (χ0n) is 11.6. The van der Waals surface area contributed by atoms with E-state index in [9.17, 15) is 4.39 Å². The third-order valence-electron chi connectivity index (χ3n) is 2.86. The van der Waals surface area contributed by atoms with Crippen molar-refractivity contribution in [2.45, 2.75) is 6.42 Å². The fourth-order valence-corrected chi connectivity index (χ4v) is 1.78. The number of hydrogen-bond acceptors (Lipinski definition) is 4. The van der Waals surface area contributed by atoms with Crippen LogP contribution in [0, 0.1) is 5.82 Å². The van der Waals surface area contributed by atoms with Crippen LogP contribution in [0.1, 0.15) is 12.0 Å². The van der Waals surface area contributed by atoms with E-state index in [2.05, 4.69) is 10.1 Å². The van der Waals surface area contributed by atoms with E-state index >= 15 is 0 Å². The van der Waals surface area contributed by atoms with Crippen molar-refractivity contribution in [3.05, 3.63) is 29.6 Å². The molecule has 0 aliphatic heterocycles. The van der Waals surface area contributed by atoms with Gasteiger partial charge in [-0.25, -0.2) is 4.39 Å². The molecule has 106 valence electrons. The predicted molar refractivity (Wildman–Crippen MR) is 75.4 cm³/mol. The summed E-state index contributed by atoms with van der Waals surface area (Å²) < 4.78 is 13.9. The first-order valence-corrected chi connectivity index (χ1v) is 6.09. The minimum atomic E-state index is -0.378. The van der Waals surface area contributed by atoms with E-state index < -0.39 is 0 Å². The van der Waals surface area contributed by atoms with E-state index in [4.69, 9.17) is 10.9 Å². The SMILES string of the molecule is CN(C)CCCN(C)c1ccc(C(N)=NO)cc1F. The van der Waals surface area contributed by atoms with E-state index in [0.29, 0.717) is 11.3 Å². The summed E-state index contributed by atoms with van der Waals surface area (Å²) in [6.07, 6.45) is 0.949. The van der Waals surface area contributed by atoms with Gasteiger partial charge in [0, 0.05) is 19.2 Å². The lowest BCUT2D eigenvalue weighted by molar-refractivity contribution is 0.318. The van der Waals surface area contributed by atoms with E-state index in [1.807, 2.05) is 26.0 Å². The smallest absolute Gasteiger partial charge is 0.170 e. The zero-order valence-corrected chi connectivity index (χ0v) is 11.6. The summed E-state index contributed by atoms with van der Waals surface area (Å²) in [6, 6.07) is 4.54. The highest BCUT2D eigenvalue weighted by Gasteiger charge is 2.10. The van der Waals surface area contributed by atoms with Crippen molar-refractivity contribution >= 4 is 11.5 Å². The number of rotatable bonds is 6. The Morgan fingerprint density at radius 3 is 2.53 bits per heavy atom. The Morgan fingerprint density at radius 2 is 2.00 bits per heavy atom. The molecule has 1 rings (SSSR count). The van der Waals surface area contributed by atoms with Crippen molar-refractivity contribution < 1.29 is 9.60 Å². The Morgan fingerprint density at radius 1 is 1.32 bits per heavy atom. The van der Waals surface area contributed by atoms with Crippen molar-refractivity contribution in [2.24, 2.45) is 10.9 Å². The van der Waals surface area contributed by atoms with Gasteiger partial charge in [0.25, 0.3) is 0 Å². The molecule has 0 unspecified atom stereocenters. The molecule has 0 amide bonds. The Balaban J connectivity index is 2.73. The molecule has 0 radical (unpaired) electrons. The van der Waals surface area contributed by atoms with E-state index in [1.165, 1.54) is 6.07 Å². The first kappa shape index (κ1) is 15.2. The molecule has 3 N–H and O–H groups in total. The maximum Gasteiger partial charge on any atom is 0.170 e. The third kappa shape index (κ3) is 4.40. The number of hydrogen-bond donors (Lipinski definition) is 2. The van der Waals surface area contributed by atoms with Crippen molar-refractivity contribution in [2.75, 3.05) is 39.1 Å². The molecule has 6 heteroatoms. The first-order valence-electron chi connectivity index (χ1n) is 6.09. The van der Waals surface area contributed by atoms with Gasteiger partial charge in [-0.3, -0.25) is 0 Å². The van der Waals surface area contributed by atoms with Crippen LogP contribution in [0.25, 0.3) is 0 Å². The van der Waals surface area contributed by atoms with Gasteiger partial charge in [-0.2, -0.15) is 0 Å². The molecule has 0 fully saturated rings. The van der Waals surface area contributed by atoms with Crippen LogP contribution >= 0.6 is 0 Å². The molecule has 0 saturated carbocycles. The number of oxime groups is 1. The molecular formula is C13H21FN4O. The highest BCUT2D eigenvalue weighted by molar-refractivity contribution is 5.97. The summed E-state index contributed by atoms with van der Waals surface area (Å²) in [5.74, 6) is -0.475. The van der Waals surface area contributed by atoms with E-state index in [1.54, 1.807) is 12.1 Å². The van der Waals surface area contributed by atoms with Crippen molar-refractivity contribution in [3.8, 4) is 0 Å². The van der Waals surface area contributed by atoms with E-state index in [-0.39, 0.29) is 11.7 Å². The van der Waals surface area contributed by atoms with Crippen LogP contribution in [0.3, 0.4) is 0 Å². The fraction of sp³-hybridized carbons (Fsp3) is 0.462. The van der Waals surface area contributed by atoms with Gasteiger partial charge in [0.05, 0.1) is 5.69 Å². The molecule has 1 aromatic carbocycles. The maximum atomic E-state index is 13.9. The monoisotopic (exact) mass is 268 g/mol. The van der Waals surface area contributed by atoms with Crippen LogP contribution in [-0.2, 0) is 0 Å². The van der Waals surface area contributed by atoms with Crippen LogP contribution in [0.4, 0.5) is 10.1 Å². The highest BCUT2D eigenvalue weighted by atomic mass is 19.1. The molecule has 0 spiro atoms. The van der Waals surface area contributed by atoms with Crippen LogP contribution in [0.15, 0.2) is 23.4 Å². The molecule has 0 aromatic heterocycles. The second kappa shape index (κ2) is 6.94. The molecule has 0 aliphatic rings. The standard InChI is InChI=1S/C13H21FN4O/c1-17(2)7-4-8-18(3)12-6-5-10(9-11(12)14)13(15)16-19/h5-6,9,19H,4,7-8H2,1-3H3,(H2,15,16). The molecule has 0 saturated heterocycles. The number of nitrogens with two attached hydrogens (primary N) is 1. The van der Waals surface area contributed by atoms with Gasteiger partial charge in [0.2, 0.25) is 0 Å². The Kier molecular flexibility index (Phi) is 5.57. The van der Waals surface area contributed by atoms with Gasteiger partial charge in [-0.15, -0.1) is 0 Å². The second-order valence-electron chi connectivity index (χ2n) is 4.73. The van der Waals surface area contributed by atoms with Crippen molar-refractivity contribution in [3.63, 3.8) is 0 Å². The quantitative estimate of drug-likeness (QED) is 0.353. The lowest BCUT2D eigenvalue weighted by Crippen LogP contribution is -2.24. The minimum absolute atomic E-state index is 0.0966. The minimum Gasteiger partial charge on any atom is -0.409 e. The van der Waals surface area contributed by atoms with Gasteiger partial charge in [0.1, 0.15) is 5.82 Å². The van der Waals surface area contributed by atoms with Crippen molar-refractivity contribution in [1.82, 2.24) is 4.90 Å². The zero-order chi connectivity index (χ0) is 14.4. The number of amidine groups is 1. The highest BCUT2D eigenvalue weighted by Crippen LogP contribution is 2.19. The molecule has 0 heterocycles. The maximum absolute atomic E-state index is 13.9. The van der Waals surface area contributed by atoms with E-state index in [0.717, 1.165) is 19.5 Å². The second-order valence-corrected chi connectivity index (χ2v) is 4.73. The predicted octanol–water partition coefficient (Wildman–Crippen LogP) is 1.31. The van der Waals surface area contributed by atoms with Crippen LogP contribution in [0.5, 0.6) is 0 Å². The molecule has 0 atom stereocenters. The summed E-state index contributed by atoms with van der Waals surface area (Å²) in [4.78, 5) is 3.95. The normalized spacial score (nSPS) is 11.9. The van der Waals surface area contributed by atoms with Gasteiger partial charge in [-0.05, 0) is 45.3 Å². The molecule has 0 bridgehead atoms. The summed E-state index contributed by atoms with van der Waals surface area (Å²) in [5, 5.41) is 11.4. The molecule has 5 nitrogen and oxygen atoms in total.